The van der Waals surface area contributed by atoms with Crippen molar-refractivity contribution in [1.29, 1.82) is 0 Å². The number of nitrogens with zero attached hydrogens (tertiary/aromatic N) is 1. The Morgan fingerprint density at radius 2 is 2.09 bits per heavy atom. The Morgan fingerprint density at radius 3 is 2.74 bits per heavy atom. The molecule has 0 N–H and O–H groups in total. The molecule has 0 spiro atoms. The molecule has 6 heteroatoms. The molecule has 23 heavy (non-hydrogen) atoms. The maximum absolute atomic E-state index is 12.8. The number of benzene rings is 1. The predicted octanol–water partition coefficient (Wildman–Crippen LogP) is 3.28. The highest BCUT2D eigenvalue weighted by Gasteiger charge is 2.33. The van der Waals surface area contributed by atoms with Crippen LogP contribution in [0.4, 0.5) is 13.2 Å². The van der Waals surface area contributed by atoms with Gasteiger partial charge >= 0.3 is 6.18 Å². The maximum Gasteiger partial charge on any atom is 0.416 e. The van der Waals surface area contributed by atoms with Crippen LogP contribution < -0.4 is 0 Å². The minimum atomic E-state index is -4.34. The van der Waals surface area contributed by atoms with Gasteiger partial charge in [0.25, 0.3) is 0 Å². The van der Waals surface area contributed by atoms with E-state index in [0.29, 0.717) is 31.7 Å². The van der Waals surface area contributed by atoms with Crippen molar-refractivity contribution >= 4 is 5.91 Å². The van der Waals surface area contributed by atoms with Crippen molar-refractivity contribution < 1.29 is 22.7 Å². The molecule has 2 fully saturated rings. The van der Waals surface area contributed by atoms with E-state index in [0.717, 1.165) is 31.4 Å². The number of morpholine rings is 1. The van der Waals surface area contributed by atoms with Crippen molar-refractivity contribution in [3.05, 3.63) is 35.4 Å². The van der Waals surface area contributed by atoms with E-state index >= 15 is 0 Å². The quantitative estimate of drug-likeness (QED) is 0.853. The second kappa shape index (κ2) is 6.51. The van der Waals surface area contributed by atoms with E-state index in [1.807, 2.05) is 4.90 Å². The highest BCUT2D eigenvalue weighted by atomic mass is 19.4. The third-order valence-corrected chi connectivity index (χ3v) is 4.62. The molecular formula is C17H20F3NO2. The van der Waals surface area contributed by atoms with Gasteiger partial charge in [-0.2, -0.15) is 13.2 Å². The Hall–Kier alpha value is -1.56. The summed E-state index contributed by atoms with van der Waals surface area (Å²) in [6.45, 7) is 1.49. The molecule has 0 aromatic heterocycles. The monoisotopic (exact) mass is 327 g/mol. The first-order valence-electron chi connectivity index (χ1n) is 8.00. The number of hydrogen-bond acceptors (Lipinski definition) is 2. The minimum absolute atomic E-state index is 0.141. The van der Waals surface area contributed by atoms with Crippen LogP contribution in [0, 0.1) is 5.92 Å². The van der Waals surface area contributed by atoms with Gasteiger partial charge in [0, 0.05) is 25.4 Å². The molecule has 1 aromatic carbocycles. The number of rotatable bonds is 3. The van der Waals surface area contributed by atoms with Crippen molar-refractivity contribution in [3.63, 3.8) is 0 Å². The number of carbonyl (C=O) groups is 1. The summed E-state index contributed by atoms with van der Waals surface area (Å²) >= 11 is 0. The first kappa shape index (κ1) is 16.3. The molecule has 3 rings (SSSR count). The van der Waals surface area contributed by atoms with Gasteiger partial charge < -0.3 is 9.64 Å². The third-order valence-electron chi connectivity index (χ3n) is 4.62. The Balaban J connectivity index is 1.62. The van der Waals surface area contributed by atoms with Crippen molar-refractivity contribution in [2.24, 2.45) is 5.92 Å². The molecular weight excluding hydrogens is 307 g/mol. The van der Waals surface area contributed by atoms with Crippen LogP contribution in [0.15, 0.2) is 24.3 Å². The Bertz CT molecular complexity index is 569. The van der Waals surface area contributed by atoms with Crippen LogP contribution in [0.25, 0.3) is 0 Å². The summed E-state index contributed by atoms with van der Waals surface area (Å²) in [5, 5.41) is 0. The predicted molar refractivity (Wildman–Crippen MR) is 78.8 cm³/mol. The lowest BCUT2D eigenvalue weighted by Gasteiger charge is -2.37. The molecule has 1 atom stereocenters. The first-order chi connectivity index (χ1) is 10.9. The summed E-state index contributed by atoms with van der Waals surface area (Å²) in [5.41, 5.74) is -0.0593. The molecule has 1 aliphatic carbocycles. The highest BCUT2D eigenvalue weighted by Crippen LogP contribution is 2.31. The number of hydrogen-bond donors (Lipinski definition) is 0. The number of alkyl halides is 3. The standard InChI is InChI=1S/C17H20F3NO2/c18-17(19,20)14-6-1-3-12(9-14)10-15-11-21(7-8-23-15)16(22)13-4-2-5-13/h1,3,6,9,13,15H,2,4-5,7-8,10-11H2/t15-/m0/s1. The second-order valence-corrected chi connectivity index (χ2v) is 6.31. The molecule has 1 amide bonds. The first-order valence-corrected chi connectivity index (χ1v) is 8.00. The van der Waals surface area contributed by atoms with Crippen LogP contribution >= 0.6 is 0 Å². The van der Waals surface area contributed by atoms with Gasteiger partial charge in [-0.05, 0) is 24.5 Å². The molecule has 1 heterocycles. The Morgan fingerprint density at radius 1 is 1.30 bits per heavy atom. The van der Waals surface area contributed by atoms with Crippen LogP contribution in [0.3, 0.4) is 0 Å². The van der Waals surface area contributed by atoms with E-state index in [9.17, 15) is 18.0 Å². The molecule has 1 saturated heterocycles. The SMILES string of the molecule is O=C(C1CCC1)N1CCO[C@@H](Cc2cccc(C(F)(F)F)c2)C1. The summed E-state index contributed by atoms with van der Waals surface area (Å²) in [4.78, 5) is 14.1. The average molecular weight is 327 g/mol. The zero-order valence-electron chi connectivity index (χ0n) is 12.8. The van der Waals surface area contributed by atoms with Crippen LogP contribution in [0.5, 0.6) is 0 Å². The van der Waals surface area contributed by atoms with Crippen LogP contribution in [0.2, 0.25) is 0 Å². The fraction of sp³-hybridized carbons (Fsp3) is 0.588. The fourth-order valence-corrected chi connectivity index (χ4v) is 3.09. The van der Waals surface area contributed by atoms with Gasteiger partial charge in [0.15, 0.2) is 0 Å². The van der Waals surface area contributed by atoms with Gasteiger partial charge in [-0.15, -0.1) is 0 Å². The molecule has 126 valence electrons. The molecule has 1 aromatic rings. The van der Waals surface area contributed by atoms with Gasteiger partial charge in [-0.25, -0.2) is 0 Å². The van der Waals surface area contributed by atoms with Crippen molar-refractivity contribution in [1.82, 2.24) is 4.90 Å². The van der Waals surface area contributed by atoms with Gasteiger partial charge in [0.2, 0.25) is 5.91 Å². The smallest absolute Gasteiger partial charge is 0.374 e. The van der Waals surface area contributed by atoms with Crippen molar-refractivity contribution in [2.45, 2.75) is 38.0 Å². The summed E-state index contributed by atoms with van der Waals surface area (Å²) in [6.07, 6.45) is -1.18. The largest absolute Gasteiger partial charge is 0.416 e. The number of amides is 1. The Labute approximate surface area is 133 Å². The van der Waals surface area contributed by atoms with E-state index in [1.165, 1.54) is 6.07 Å². The highest BCUT2D eigenvalue weighted by molar-refractivity contribution is 5.79. The molecule has 3 nitrogen and oxygen atoms in total. The minimum Gasteiger partial charge on any atom is -0.374 e. The van der Waals surface area contributed by atoms with E-state index in [4.69, 9.17) is 4.74 Å². The van der Waals surface area contributed by atoms with Crippen LogP contribution in [-0.2, 0) is 22.1 Å². The zero-order valence-corrected chi connectivity index (χ0v) is 12.8. The van der Waals surface area contributed by atoms with Gasteiger partial charge in [-0.3, -0.25) is 4.79 Å². The topological polar surface area (TPSA) is 29.5 Å². The summed E-state index contributed by atoms with van der Waals surface area (Å²) in [7, 11) is 0. The van der Waals surface area contributed by atoms with Gasteiger partial charge in [-0.1, -0.05) is 24.6 Å². The molecule has 0 radical (unpaired) electrons. The normalized spacial score (nSPS) is 22.7. The summed E-state index contributed by atoms with van der Waals surface area (Å²) in [5.74, 6) is 0.316. The van der Waals surface area contributed by atoms with Gasteiger partial charge in [0.1, 0.15) is 0 Å². The summed E-state index contributed by atoms with van der Waals surface area (Å²) < 4.78 is 43.9. The fourth-order valence-electron chi connectivity index (χ4n) is 3.09. The molecule has 0 unspecified atom stereocenters. The van der Waals surface area contributed by atoms with Gasteiger partial charge in [0.05, 0.1) is 18.3 Å². The average Bonchev–Trinajstić information content (AvgIpc) is 2.45. The maximum atomic E-state index is 12.8. The number of halogens is 3. The second-order valence-electron chi connectivity index (χ2n) is 6.31. The number of ether oxygens (including phenoxy) is 1. The third kappa shape index (κ3) is 3.86. The molecule has 1 aliphatic heterocycles. The molecule has 2 aliphatic rings. The van der Waals surface area contributed by atoms with Crippen molar-refractivity contribution in [3.8, 4) is 0 Å². The van der Waals surface area contributed by atoms with Crippen LogP contribution in [0.1, 0.15) is 30.4 Å². The van der Waals surface area contributed by atoms with Crippen molar-refractivity contribution in [2.75, 3.05) is 19.7 Å². The molecule has 0 bridgehead atoms. The van der Waals surface area contributed by atoms with E-state index in [-0.39, 0.29) is 17.9 Å². The van der Waals surface area contributed by atoms with E-state index in [1.54, 1.807) is 6.07 Å². The van der Waals surface area contributed by atoms with E-state index < -0.39 is 11.7 Å². The Kier molecular flexibility index (Phi) is 4.62. The number of carbonyl (C=O) groups excluding carboxylic acids is 1. The lowest BCUT2D eigenvalue weighted by atomic mass is 9.84. The summed E-state index contributed by atoms with van der Waals surface area (Å²) in [6, 6.07) is 5.32. The zero-order chi connectivity index (χ0) is 16.4. The lowest BCUT2D eigenvalue weighted by Crippen LogP contribution is -2.49. The lowest BCUT2D eigenvalue weighted by molar-refractivity contribution is -0.145. The van der Waals surface area contributed by atoms with Crippen LogP contribution in [-0.4, -0.2) is 36.6 Å². The van der Waals surface area contributed by atoms with E-state index in [2.05, 4.69) is 0 Å². The molecule has 1 saturated carbocycles.